The molecule has 0 aromatic carbocycles. The molecule has 2 fully saturated rings. The second kappa shape index (κ2) is 2.72. The van der Waals surface area contributed by atoms with Gasteiger partial charge in [0, 0.05) is 12.3 Å². The molecule has 0 heterocycles. The van der Waals surface area contributed by atoms with Gasteiger partial charge in [-0.15, -0.1) is 0 Å². The Kier molecular flexibility index (Phi) is 1.82. The van der Waals surface area contributed by atoms with Crippen molar-refractivity contribution in [1.82, 2.24) is 0 Å². The Bertz CT molecular complexity index is 229. The van der Waals surface area contributed by atoms with Crippen LogP contribution in [0.1, 0.15) is 32.6 Å². The summed E-state index contributed by atoms with van der Waals surface area (Å²) in [6, 6.07) is 0. The van der Waals surface area contributed by atoms with Gasteiger partial charge >= 0.3 is 0 Å². The Balaban J connectivity index is 2.16. The number of hydrogen-bond acceptors (Lipinski definition) is 1. The highest BCUT2D eigenvalue weighted by Gasteiger charge is 2.39. The van der Waals surface area contributed by atoms with Gasteiger partial charge in [0.15, 0.2) is 0 Å². The summed E-state index contributed by atoms with van der Waals surface area (Å²) in [6.45, 7) is 6.12. The molecule has 0 N–H and O–H groups in total. The molecule has 2 rings (SSSR count). The number of fused-ring (bicyclic) bond motifs is 1. The highest BCUT2D eigenvalue weighted by molar-refractivity contribution is 5.81. The van der Waals surface area contributed by atoms with E-state index in [0.717, 1.165) is 25.2 Å². The largest absolute Gasteiger partial charge is 0.299 e. The minimum absolute atomic E-state index is 0.308. The predicted molar refractivity (Wildman–Crippen MR) is 48.8 cm³/mol. The molecule has 2 aliphatic carbocycles. The number of ketones is 1. The van der Waals surface area contributed by atoms with E-state index in [2.05, 4.69) is 13.5 Å². The first-order valence-electron chi connectivity index (χ1n) is 4.88. The van der Waals surface area contributed by atoms with E-state index in [4.69, 9.17) is 0 Å². The van der Waals surface area contributed by atoms with Crippen LogP contribution in [0.5, 0.6) is 0 Å². The zero-order chi connectivity index (χ0) is 8.72. The second-order valence-electron chi connectivity index (χ2n) is 4.38. The molecule has 1 nitrogen and oxygen atoms in total. The van der Waals surface area contributed by atoms with Crippen LogP contribution in [0.3, 0.4) is 0 Å². The first-order valence-corrected chi connectivity index (χ1v) is 4.88. The van der Waals surface area contributed by atoms with Crippen LogP contribution >= 0.6 is 0 Å². The summed E-state index contributed by atoms with van der Waals surface area (Å²) >= 11 is 0. The molecule has 2 saturated carbocycles. The number of rotatable bonds is 0. The molecule has 66 valence electrons. The van der Waals surface area contributed by atoms with Gasteiger partial charge in [-0.1, -0.05) is 19.1 Å². The molecule has 0 aliphatic heterocycles. The van der Waals surface area contributed by atoms with Crippen molar-refractivity contribution in [1.29, 1.82) is 0 Å². The SMILES string of the molecule is C=C1C[C@H]2CCC(=O)C(C)[C@H]2C1. The van der Waals surface area contributed by atoms with Crippen molar-refractivity contribution < 1.29 is 4.79 Å². The molecular formula is C11H16O. The zero-order valence-electron chi connectivity index (χ0n) is 7.68. The van der Waals surface area contributed by atoms with Crippen molar-refractivity contribution >= 4 is 5.78 Å². The van der Waals surface area contributed by atoms with Gasteiger partial charge in [0.25, 0.3) is 0 Å². The van der Waals surface area contributed by atoms with E-state index < -0.39 is 0 Å². The summed E-state index contributed by atoms with van der Waals surface area (Å²) in [5.41, 5.74) is 1.37. The quantitative estimate of drug-likeness (QED) is 0.503. The normalized spacial score (nSPS) is 41.6. The molecule has 0 spiro atoms. The Morgan fingerprint density at radius 2 is 2.17 bits per heavy atom. The fourth-order valence-corrected chi connectivity index (χ4v) is 2.80. The molecule has 0 aromatic heterocycles. The van der Waals surface area contributed by atoms with E-state index in [1.54, 1.807) is 0 Å². The third-order valence-corrected chi connectivity index (χ3v) is 3.59. The van der Waals surface area contributed by atoms with E-state index in [9.17, 15) is 4.79 Å². The fraction of sp³-hybridized carbons (Fsp3) is 0.727. The number of Topliss-reactive ketones (excluding diaryl/α,β-unsaturated/α-hetero) is 1. The lowest BCUT2D eigenvalue weighted by Crippen LogP contribution is -2.29. The van der Waals surface area contributed by atoms with Crippen molar-refractivity contribution in [3.8, 4) is 0 Å². The average molecular weight is 164 g/mol. The Morgan fingerprint density at radius 3 is 2.92 bits per heavy atom. The van der Waals surface area contributed by atoms with Gasteiger partial charge in [-0.3, -0.25) is 4.79 Å². The summed E-state index contributed by atoms with van der Waals surface area (Å²) in [5.74, 6) is 2.21. The second-order valence-corrected chi connectivity index (χ2v) is 4.38. The lowest BCUT2D eigenvalue weighted by molar-refractivity contribution is -0.127. The molecule has 1 heteroatoms. The summed E-state index contributed by atoms with van der Waals surface area (Å²) in [4.78, 5) is 11.4. The van der Waals surface area contributed by atoms with Crippen LogP contribution in [-0.2, 0) is 4.79 Å². The molecular weight excluding hydrogens is 148 g/mol. The van der Waals surface area contributed by atoms with E-state index in [1.165, 1.54) is 12.0 Å². The van der Waals surface area contributed by atoms with Crippen molar-refractivity contribution in [2.75, 3.05) is 0 Å². The lowest BCUT2D eigenvalue weighted by Gasteiger charge is -2.29. The smallest absolute Gasteiger partial charge is 0.136 e. The third-order valence-electron chi connectivity index (χ3n) is 3.59. The zero-order valence-corrected chi connectivity index (χ0v) is 7.68. The van der Waals surface area contributed by atoms with Crippen LogP contribution in [0.2, 0.25) is 0 Å². The van der Waals surface area contributed by atoms with Crippen LogP contribution in [0.4, 0.5) is 0 Å². The maximum Gasteiger partial charge on any atom is 0.136 e. The maximum absolute atomic E-state index is 11.4. The number of carbonyl (C=O) groups is 1. The van der Waals surface area contributed by atoms with Gasteiger partial charge in [-0.2, -0.15) is 0 Å². The van der Waals surface area contributed by atoms with Gasteiger partial charge in [0.1, 0.15) is 5.78 Å². The number of carbonyl (C=O) groups excluding carboxylic acids is 1. The molecule has 0 radical (unpaired) electrons. The van der Waals surface area contributed by atoms with Crippen LogP contribution in [0.15, 0.2) is 12.2 Å². The van der Waals surface area contributed by atoms with E-state index >= 15 is 0 Å². The molecule has 0 bridgehead atoms. The van der Waals surface area contributed by atoms with Crippen molar-refractivity contribution in [3.63, 3.8) is 0 Å². The summed E-state index contributed by atoms with van der Waals surface area (Å²) in [5, 5.41) is 0. The Labute approximate surface area is 73.8 Å². The number of hydrogen-bond donors (Lipinski definition) is 0. The Hall–Kier alpha value is -0.590. The van der Waals surface area contributed by atoms with Gasteiger partial charge in [0.2, 0.25) is 0 Å². The fourth-order valence-electron chi connectivity index (χ4n) is 2.80. The first-order chi connectivity index (χ1) is 5.68. The highest BCUT2D eigenvalue weighted by atomic mass is 16.1. The molecule has 12 heavy (non-hydrogen) atoms. The van der Waals surface area contributed by atoms with Crippen LogP contribution < -0.4 is 0 Å². The van der Waals surface area contributed by atoms with Crippen LogP contribution in [-0.4, -0.2) is 5.78 Å². The minimum atomic E-state index is 0.308. The van der Waals surface area contributed by atoms with Crippen molar-refractivity contribution in [3.05, 3.63) is 12.2 Å². The van der Waals surface area contributed by atoms with Gasteiger partial charge in [-0.25, -0.2) is 0 Å². The molecule has 0 amide bonds. The van der Waals surface area contributed by atoms with Gasteiger partial charge in [0.05, 0.1) is 0 Å². The molecule has 0 saturated heterocycles. The molecule has 1 unspecified atom stereocenters. The highest BCUT2D eigenvalue weighted by Crippen LogP contribution is 2.45. The maximum atomic E-state index is 11.4. The Morgan fingerprint density at radius 1 is 1.42 bits per heavy atom. The summed E-state index contributed by atoms with van der Waals surface area (Å²) < 4.78 is 0. The van der Waals surface area contributed by atoms with Crippen molar-refractivity contribution in [2.24, 2.45) is 17.8 Å². The summed E-state index contributed by atoms with van der Waals surface area (Å²) in [7, 11) is 0. The van der Waals surface area contributed by atoms with Crippen molar-refractivity contribution in [2.45, 2.75) is 32.6 Å². The monoisotopic (exact) mass is 164 g/mol. The van der Waals surface area contributed by atoms with E-state index in [-0.39, 0.29) is 0 Å². The standard InChI is InChI=1S/C11H16O/c1-7-5-9-3-4-11(12)8(2)10(9)6-7/h8-10H,1,3-6H2,2H3/t8?,9-,10-/m1/s1. The predicted octanol–water partition coefficient (Wildman–Crippen LogP) is 2.57. The molecule has 2 aliphatic rings. The lowest BCUT2D eigenvalue weighted by atomic mass is 9.74. The third kappa shape index (κ3) is 1.12. The summed E-state index contributed by atoms with van der Waals surface area (Å²) in [6.07, 6.45) is 4.22. The van der Waals surface area contributed by atoms with E-state index in [0.29, 0.717) is 17.6 Å². The number of allylic oxidation sites excluding steroid dienone is 1. The van der Waals surface area contributed by atoms with Gasteiger partial charge < -0.3 is 0 Å². The molecule has 0 aromatic rings. The van der Waals surface area contributed by atoms with E-state index in [1.807, 2.05) is 0 Å². The van der Waals surface area contributed by atoms with Crippen LogP contribution in [0, 0.1) is 17.8 Å². The first kappa shape index (κ1) is 8.03. The van der Waals surface area contributed by atoms with Crippen LogP contribution in [0.25, 0.3) is 0 Å². The molecule has 3 atom stereocenters. The minimum Gasteiger partial charge on any atom is -0.299 e. The topological polar surface area (TPSA) is 17.1 Å². The average Bonchev–Trinajstić information content (AvgIpc) is 2.39. The van der Waals surface area contributed by atoms with Gasteiger partial charge in [-0.05, 0) is 31.1 Å².